The van der Waals surface area contributed by atoms with Gasteiger partial charge in [0.1, 0.15) is 11.4 Å². The van der Waals surface area contributed by atoms with Crippen LogP contribution in [0, 0.1) is 19.7 Å². The molecule has 1 aliphatic heterocycles. The number of anilines is 1. The molecule has 2 amide bonds. The predicted octanol–water partition coefficient (Wildman–Crippen LogP) is 4.83. The number of amides is 2. The summed E-state index contributed by atoms with van der Waals surface area (Å²) in [4.78, 5) is 27.1. The van der Waals surface area contributed by atoms with E-state index in [2.05, 4.69) is 21.2 Å². The number of halogens is 2. The summed E-state index contributed by atoms with van der Waals surface area (Å²) < 4.78 is 16.1. The largest absolute Gasteiger partial charge is 0.318 e. The van der Waals surface area contributed by atoms with Crippen LogP contribution in [0.4, 0.5) is 10.1 Å². The van der Waals surface area contributed by atoms with Crippen molar-refractivity contribution in [3.8, 4) is 5.69 Å². The quantitative estimate of drug-likeness (QED) is 0.320. The zero-order valence-electron chi connectivity index (χ0n) is 16.6. The van der Waals surface area contributed by atoms with Crippen LogP contribution in [-0.4, -0.2) is 21.5 Å². The molecule has 2 aromatic carbocycles. The van der Waals surface area contributed by atoms with Crippen molar-refractivity contribution in [1.29, 1.82) is 0 Å². The van der Waals surface area contributed by atoms with Crippen LogP contribution in [0.3, 0.4) is 0 Å². The summed E-state index contributed by atoms with van der Waals surface area (Å²) in [5.41, 5.74) is 3.75. The van der Waals surface area contributed by atoms with Crippen LogP contribution in [-0.2, 0) is 9.59 Å². The summed E-state index contributed by atoms with van der Waals surface area (Å²) in [6.07, 6.45) is 1.56. The molecule has 0 aliphatic carbocycles. The van der Waals surface area contributed by atoms with E-state index >= 15 is 0 Å². The normalized spacial score (nSPS) is 15.5. The molecule has 31 heavy (non-hydrogen) atoms. The lowest BCUT2D eigenvalue weighted by Gasteiger charge is -2.29. The summed E-state index contributed by atoms with van der Waals surface area (Å²) in [5, 5.41) is 2.62. The Morgan fingerprint density at radius 2 is 1.61 bits per heavy atom. The minimum absolute atomic E-state index is 0.0177. The Morgan fingerprint density at radius 3 is 2.26 bits per heavy atom. The first-order chi connectivity index (χ1) is 14.8. The third-order valence-electron chi connectivity index (χ3n) is 5.04. The molecule has 0 atom stereocenters. The molecule has 1 fully saturated rings. The van der Waals surface area contributed by atoms with Crippen LogP contribution >= 0.6 is 28.1 Å². The molecule has 5 nitrogen and oxygen atoms in total. The second-order valence-electron chi connectivity index (χ2n) is 7.07. The van der Waals surface area contributed by atoms with Crippen molar-refractivity contribution in [3.05, 3.63) is 87.4 Å². The number of carbonyl (C=O) groups excluding carboxylic acids is 2. The molecule has 0 unspecified atom stereocenters. The number of nitrogens with zero attached hydrogens (tertiary/aromatic N) is 2. The van der Waals surface area contributed by atoms with E-state index in [1.165, 1.54) is 17.0 Å². The van der Waals surface area contributed by atoms with E-state index < -0.39 is 11.8 Å². The fraction of sp³-hybridized carbons (Fsp3) is 0.0870. The van der Waals surface area contributed by atoms with Crippen LogP contribution in [0.2, 0.25) is 0 Å². The average Bonchev–Trinajstić information content (AvgIpc) is 3.00. The first kappa shape index (κ1) is 21.1. The van der Waals surface area contributed by atoms with Crippen LogP contribution in [0.25, 0.3) is 11.8 Å². The Kier molecular flexibility index (Phi) is 5.60. The van der Waals surface area contributed by atoms with Gasteiger partial charge in [0.2, 0.25) is 0 Å². The molecule has 3 aromatic rings. The van der Waals surface area contributed by atoms with E-state index in [1.54, 1.807) is 42.5 Å². The van der Waals surface area contributed by atoms with E-state index in [9.17, 15) is 14.0 Å². The number of carbonyl (C=O) groups is 2. The Bertz CT molecular complexity index is 1250. The van der Waals surface area contributed by atoms with Gasteiger partial charge < -0.3 is 4.57 Å². The minimum Gasteiger partial charge on any atom is -0.318 e. The second kappa shape index (κ2) is 8.20. The van der Waals surface area contributed by atoms with Crippen molar-refractivity contribution in [2.24, 2.45) is 0 Å². The van der Waals surface area contributed by atoms with Gasteiger partial charge in [-0.05, 0) is 92.3 Å². The first-order valence-corrected chi connectivity index (χ1v) is 10.6. The van der Waals surface area contributed by atoms with Gasteiger partial charge in [-0.15, -0.1) is 0 Å². The summed E-state index contributed by atoms with van der Waals surface area (Å²) in [5.74, 6) is -1.36. The van der Waals surface area contributed by atoms with Crippen molar-refractivity contribution in [2.45, 2.75) is 13.8 Å². The molecule has 2 heterocycles. The standard InChI is InChI=1S/C23H17BrFN3O2S/c1-13-11-15(14(2)27(13)18-9-5-17(25)6-10-18)12-20-21(29)26-23(31)28(22(20)30)19-7-3-16(24)4-8-19/h3-12H,1-2H3,(H,26,29,31). The number of rotatable bonds is 3. The van der Waals surface area contributed by atoms with Gasteiger partial charge in [0.15, 0.2) is 5.11 Å². The van der Waals surface area contributed by atoms with E-state index in [0.717, 1.165) is 21.5 Å². The lowest BCUT2D eigenvalue weighted by molar-refractivity contribution is -0.122. The molecule has 1 saturated heterocycles. The summed E-state index contributed by atoms with van der Waals surface area (Å²) >= 11 is 8.60. The Hall–Kier alpha value is -3.10. The lowest BCUT2D eigenvalue weighted by Crippen LogP contribution is -2.54. The number of aromatic nitrogens is 1. The van der Waals surface area contributed by atoms with Crippen molar-refractivity contribution in [3.63, 3.8) is 0 Å². The summed E-state index contributed by atoms with van der Waals surface area (Å²) in [7, 11) is 0. The van der Waals surface area contributed by atoms with E-state index in [4.69, 9.17) is 12.2 Å². The van der Waals surface area contributed by atoms with Gasteiger partial charge in [0.05, 0.1) is 5.69 Å². The highest BCUT2D eigenvalue weighted by Crippen LogP contribution is 2.27. The fourth-order valence-corrected chi connectivity index (χ4v) is 4.10. The number of hydrogen-bond donors (Lipinski definition) is 1. The average molecular weight is 498 g/mol. The maximum atomic E-state index is 13.3. The number of benzene rings is 2. The van der Waals surface area contributed by atoms with Crippen LogP contribution in [0.1, 0.15) is 17.0 Å². The molecule has 0 bridgehead atoms. The van der Waals surface area contributed by atoms with E-state index in [1.807, 2.05) is 24.5 Å². The zero-order chi connectivity index (χ0) is 22.3. The molecule has 1 aromatic heterocycles. The number of thiocarbonyl (C=S) groups is 1. The molecule has 156 valence electrons. The summed E-state index contributed by atoms with van der Waals surface area (Å²) in [6, 6.07) is 15.1. The van der Waals surface area contributed by atoms with Crippen molar-refractivity contribution < 1.29 is 14.0 Å². The van der Waals surface area contributed by atoms with Gasteiger partial charge in [-0.1, -0.05) is 15.9 Å². The Labute approximate surface area is 192 Å². The molecule has 8 heteroatoms. The Balaban J connectivity index is 1.75. The molecular formula is C23H17BrFN3O2S. The maximum Gasteiger partial charge on any atom is 0.270 e. The Morgan fingerprint density at radius 1 is 1.00 bits per heavy atom. The highest BCUT2D eigenvalue weighted by molar-refractivity contribution is 9.10. The molecule has 0 radical (unpaired) electrons. The minimum atomic E-state index is -0.546. The molecule has 0 spiro atoms. The van der Waals surface area contributed by atoms with Gasteiger partial charge in [-0.3, -0.25) is 19.8 Å². The molecule has 1 aliphatic rings. The molecule has 1 N–H and O–H groups in total. The van der Waals surface area contributed by atoms with E-state index in [-0.39, 0.29) is 16.5 Å². The van der Waals surface area contributed by atoms with E-state index in [0.29, 0.717) is 11.3 Å². The molecule has 4 rings (SSSR count). The third-order valence-corrected chi connectivity index (χ3v) is 5.85. The molecule has 0 saturated carbocycles. The van der Waals surface area contributed by atoms with Crippen molar-refractivity contribution in [1.82, 2.24) is 9.88 Å². The monoisotopic (exact) mass is 497 g/mol. The van der Waals surface area contributed by atoms with Crippen LogP contribution in [0.15, 0.2) is 64.6 Å². The van der Waals surface area contributed by atoms with Gasteiger partial charge in [-0.2, -0.15) is 0 Å². The smallest absolute Gasteiger partial charge is 0.270 e. The topological polar surface area (TPSA) is 54.3 Å². The van der Waals surface area contributed by atoms with Crippen molar-refractivity contribution in [2.75, 3.05) is 4.90 Å². The highest BCUT2D eigenvalue weighted by Gasteiger charge is 2.34. The predicted molar refractivity (Wildman–Crippen MR) is 126 cm³/mol. The van der Waals surface area contributed by atoms with Crippen LogP contribution in [0.5, 0.6) is 0 Å². The van der Waals surface area contributed by atoms with Gasteiger partial charge >= 0.3 is 0 Å². The zero-order valence-corrected chi connectivity index (χ0v) is 19.1. The second-order valence-corrected chi connectivity index (χ2v) is 8.37. The van der Waals surface area contributed by atoms with Crippen LogP contribution < -0.4 is 10.2 Å². The SMILES string of the molecule is Cc1cc(C=C2C(=O)NC(=S)N(c3ccc(Br)cc3)C2=O)c(C)n1-c1ccc(F)cc1. The number of aryl methyl sites for hydroxylation is 1. The maximum absolute atomic E-state index is 13.3. The van der Waals surface area contributed by atoms with Gasteiger partial charge in [0, 0.05) is 21.5 Å². The van der Waals surface area contributed by atoms with Gasteiger partial charge in [-0.25, -0.2) is 4.39 Å². The number of nitrogens with one attached hydrogen (secondary N) is 1. The number of hydrogen-bond acceptors (Lipinski definition) is 3. The lowest BCUT2D eigenvalue weighted by atomic mass is 10.1. The highest BCUT2D eigenvalue weighted by atomic mass is 79.9. The van der Waals surface area contributed by atoms with Crippen molar-refractivity contribution >= 4 is 56.8 Å². The van der Waals surface area contributed by atoms with Gasteiger partial charge in [0.25, 0.3) is 11.8 Å². The third kappa shape index (κ3) is 3.96. The molecular weight excluding hydrogens is 481 g/mol. The fourth-order valence-electron chi connectivity index (χ4n) is 3.56. The first-order valence-electron chi connectivity index (χ1n) is 9.38. The summed E-state index contributed by atoms with van der Waals surface area (Å²) in [6.45, 7) is 3.79.